The quantitative estimate of drug-likeness (QED) is 0.448. The Balaban J connectivity index is 2.03. The Morgan fingerprint density at radius 3 is 2.62 bits per heavy atom. The number of amides is 1. The van der Waals surface area contributed by atoms with Crippen molar-refractivity contribution in [3.05, 3.63) is 63.5 Å². The van der Waals surface area contributed by atoms with Crippen LogP contribution in [-0.2, 0) is 0 Å². The Hall–Kier alpha value is -1.60. The molecular formula is C21H27IN2O2. The molecule has 1 aliphatic rings. The zero-order valence-electron chi connectivity index (χ0n) is 15.5. The van der Waals surface area contributed by atoms with Gasteiger partial charge in [0.25, 0.3) is 0 Å². The molecule has 140 valence electrons. The molecule has 2 rings (SSSR count). The van der Waals surface area contributed by atoms with E-state index in [0.29, 0.717) is 11.3 Å². The average Bonchev–Trinajstić information content (AvgIpc) is 2.61. The van der Waals surface area contributed by atoms with Crippen LogP contribution in [0.25, 0.3) is 0 Å². The Morgan fingerprint density at radius 2 is 2.04 bits per heavy atom. The van der Waals surface area contributed by atoms with E-state index in [1.165, 1.54) is 17.6 Å². The minimum atomic E-state index is -0.438. The highest BCUT2D eigenvalue weighted by Crippen LogP contribution is 2.25. The molecule has 1 aliphatic heterocycles. The first-order valence-corrected chi connectivity index (χ1v) is 9.98. The van der Waals surface area contributed by atoms with E-state index in [9.17, 15) is 4.79 Å². The SMILES string of the molecule is C=CC1=C(/C=C(\I)Oc2ccc(C(N)=O)cc2)CCN(CCC(C)C)C1. The number of allylic oxidation sites excluding steroid dienone is 1. The molecule has 0 atom stereocenters. The Kier molecular flexibility index (Phi) is 7.90. The zero-order chi connectivity index (χ0) is 19.1. The molecule has 4 nitrogen and oxygen atoms in total. The van der Waals surface area contributed by atoms with E-state index in [1.54, 1.807) is 24.3 Å². The molecule has 5 heteroatoms. The summed E-state index contributed by atoms with van der Waals surface area (Å²) in [4.78, 5) is 13.6. The number of hydrogen-bond acceptors (Lipinski definition) is 3. The molecule has 1 heterocycles. The van der Waals surface area contributed by atoms with Crippen LogP contribution in [0.15, 0.2) is 57.9 Å². The number of primary amides is 1. The molecule has 0 saturated carbocycles. The lowest BCUT2D eigenvalue weighted by molar-refractivity contribution is 0.100. The van der Waals surface area contributed by atoms with Crippen molar-refractivity contribution in [2.75, 3.05) is 19.6 Å². The highest BCUT2D eigenvalue weighted by atomic mass is 127. The molecule has 1 amide bonds. The summed E-state index contributed by atoms with van der Waals surface area (Å²) in [6, 6.07) is 6.85. The van der Waals surface area contributed by atoms with Crippen LogP contribution in [0.5, 0.6) is 5.75 Å². The van der Waals surface area contributed by atoms with Gasteiger partial charge < -0.3 is 10.5 Å². The van der Waals surface area contributed by atoms with Crippen LogP contribution in [-0.4, -0.2) is 30.4 Å². The number of rotatable bonds is 8. The van der Waals surface area contributed by atoms with Crippen LogP contribution < -0.4 is 10.5 Å². The van der Waals surface area contributed by atoms with Crippen molar-refractivity contribution in [1.82, 2.24) is 4.90 Å². The van der Waals surface area contributed by atoms with Crippen LogP contribution >= 0.6 is 22.6 Å². The van der Waals surface area contributed by atoms with Crippen LogP contribution in [0.4, 0.5) is 0 Å². The summed E-state index contributed by atoms with van der Waals surface area (Å²) in [5, 5.41) is 0. The standard InChI is InChI=1S/C21H27IN2O2/c1-4-16-14-24(11-9-15(2)3)12-10-18(16)13-20(22)26-19-7-5-17(6-8-19)21(23)25/h4-8,13,15H,1,9-12,14H2,2-3H3,(H2,23,25)/b20-13+. The van der Waals surface area contributed by atoms with Gasteiger partial charge in [-0.2, -0.15) is 0 Å². The summed E-state index contributed by atoms with van der Waals surface area (Å²) in [6.07, 6.45) is 6.26. The molecule has 0 saturated heterocycles. The second kappa shape index (κ2) is 9.92. The van der Waals surface area contributed by atoms with E-state index in [-0.39, 0.29) is 0 Å². The smallest absolute Gasteiger partial charge is 0.248 e. The minimum absolute atomic E-state index is 0.438. The van der Waals surface area contributed by atoms with Gasteiger partial charge in [0.2, 0.25) is 5.91 Å². The fourth-order valence-corrected chi connectivity index (χ4v) is 3.45. The molecular weight excluding hydrogens is 439 g/mol. The van der Waals surface area contributed by atoms with Crippen molar-refractivity contribution in [2.45, 2.75) is 26.7 Å². The molecule has 0 spiro atoms. The highest BCUT2D eigenvalue weighted by molar-refractivity contribution is 14.1. The number of halogens is 1. The lowest BCUT2D eigenvalue weighted by Gasteiger charge is -2.29. The van der Waals surface area contributed by atoms with Crippen LogP contribution in [0.2, 0.25) is 0 Å². The third-order valence-electron chi connectivity index (χ3n) is 4.41. The van der Waals surface area contributed by atoms with Gasteiger partial charge in [-0.15, -0.1) is 0 Å². The van der Waals surface area contributed by atoms with Crippen molar-refractivity contribution in [3.8, 4) is 5.75 Å². The summed E-state index contributed by atoms with van der Waals surface area (Å²) < 4.78 is 6.66. The third-order valence-corrected chi connectivity index (χ3v) is 4.95. The number of nitrogens with two attached hydrogens (primary N) is 1. The molecule has 0 radical (unpaired) electrons. The van der Waals surface area contributed by atoms with E-state index >= 15 is 0 Å². The maximum atomic E-state index is 11.1. The number of carbonyl (C=O) groups excluding carboxylic acids is 1. The lowest BCUT2D eigenvalue weighted by Crippen LogP contribution is -2.32. The van der Waals surface area contributed by atoms with E-state index in [1.807, 2.05) is 6.08 Å². The number of carbonyl (C=O) groups is 1. The van der Waals surface area contributed by atoms with Crippen LogP contribution in [0.3, 0.4) is 0 Å². The number of hydrogen-bond donors (Lipinski definition) is 1. The zero-order valence-corrected chi connectivity index (χ0v) is 17.7. The van der Waals surface area contributed by atoms with Crippen molar-refractivity contribution in [1.29, 1.82) is 0 Å². The topological polar surface area (TPSA) is 55.6 Å². The van der Waals surface area contributed by atoms with Gasteiger partial charge >= 0.3 is 0 Å². The van der Waals surface area contributed by atoms with E-state index in [4.69, 9.17) is 10.5 Å². The first-order chi connectivity index (χ1) is 12.4. The maximum Gasteiger partial charge on any atom is 0.248 e. The maximum absolute atomic E-state index is 11.1. The first-order valence-electron chi connectivity index (χ1n) is 8.90. The molecule has 0 aliphatic carbocycles. The molecule has 0 fully saturated rings. The Morgan fingerprint density at radius 1 is 1.35 bits per heavy atom. The summed E-state index contributed by atoms with van der Waals surface area (Å²) in [5.41, 5.74) is 8.27. The second-order valence-electron chi connectivity index (χ2n) is 6.90. The predicted molar refractivity (Wildman–Crippen MR) is 115 cm³/mol. The van der Waals surface area contributed by atoms with Gasteiger partial charge in [-0.1, -0.05) is 26.5 Å². The van der Waals surface area contributed by atoms with Gasteiger partial charge in [0, 0.05) is 18.7 Å². The van der Waals surface area contributed by atoms with Gasteiger partial charge in [-0.3, -0.25) is 9.69 Å². The molecule has 1 aromatic rings. The lowest BCUT2D eigenvalue weighted by atomic mass is 9.99. The highest BCUT2D eigenvalue weighted by Gasteiger charge is 2.16. The van der Waals surface area contributed by atoms with Gasteiger partial charge in [-0.25, -0.2) is 0 Å². The number of benzene rings is 1. The summed E-state index contributed by atoms with van der Waals surface area (Å²) in [5.74, 6) is 0.973. The van der Waals surface area contributed by atoms with Crippen molar-refractivity contribution < 1.29 is 9.53 Å². The van der Waals surface area contributed by atoms with Crippen LogP contribution in [0.1, 0.15) is 37.0 Å². The summed E-state index contributed by atoms with van der Waals surface area (Å²) in [7, 11) is 0. The molecule has 1 aromatic carbocycles. The van der Waals surface area contributed by atoms with Crippen molar-refractivity contribution in [2.24, 2.45) is 11.7 Å². The number of ether oxygens (including phenoxy) is 1. The molecule has 0 bridgehead atoms. The predicted octanol–water partition coefficient (Wildman–Crippen LogP) is 4.68. The van der Waals surface area contributed by atoms with Gasteiger partial charge in [-0.05, 0) is 89.4 Å². The fraction of sp³-hybridized carbons (Fsp3) is 0.381. The van der Waals surface area contributed by atoms with E-state index < -0.39 is 5.91 Å². The van der Waals surface area contributed by atoms with Gasteiger partial charge in [0.15, 0.2) is 3.77 Å². The van der Waals surface area contributed by atoms with Crippen molar-refractivity contribution >= 4 is 28.5 Å². The Bertz CT molecular complexity index is 705. The molecule has 26 heavy (non-hydrogen) atoms. The monoisotopic (exact) mass is 466 g/mol. The van der Waals surface area contributed by atoms with Crippen molar-refractivity contribution in [3.63, 3.8) is 0 Å². The summed E-state index contributed by atoms with van der Waals surface area (Å²) >= 11 is 2.19. The van der Waals surface area contributed by atoms with Gasteiger partial charge in [0.05, 0.1) is 0 Å². The minimum Gasteiger partial charge on any atom is -0.451 e. The van der Waals surface area contributed by atoms with E-state index in [0.717, 1.165) is 35.7 Å². The molecule has 2 N–H and O–H groups in total. The van der Waals surface area contributed by atoms with Crippen LogP contribution in [0, 0.1) is 5.92 Å². The summed E-state index contributed by atoms with van der Waals surface area (Å²) in [6.45, 7) is 11.6. The Labute approximate surface area is 169 Å². The second-order valence-corrected chi connectivity index (χ2v) is 7.97. The molecule has 0 unspecified atom stereocenters. The normalized spacial score (nSPS) is 16.1. The fourth-order valence-electron chi connectivity index (χ4n) is 2.82. The first kappa shape index (κ1) is 20.7. The third kappa shape index (κ3) is 6.29. The average molecular weight is 466 g/mol. The largest absolute Gasteiger partial charge is 0.451 e. The van der Waals surface area contributed by atoms with E-state index in [2.05, 4.69) is 54.0 Å². The molecule has 0 aromatic heterocycles. The van der Waals surface area contributed by atoms with Gasteiger partial charge in [0.1, 0.15) is 5.75 Å². The number of nitrogens with zero attached hydrogens (tertiary/aromatic N) is 1.